The van der Waals surface area contributed by atoms with Crippen LogP contribution in [0.3, 0.4) is 0 Å². The summed E-state index contributed by atoms with van der Waals surface area (Å²) in [7, 11) is 0. The summed E-state index contributed by atoms with van der Waals surface area (Å²) in [6.45, 7) is 2.78. The highest BCUT2D eigenvalue weighted by Gasteiger charge is 2.27. The highest BCUT2D eigenvalue weighted by atomic mass is 32.1. The molecule has 0 atom stereocenters. The van der Waals surface area contributed by atoms with E-state index in [2.05, 4.69) is 89.9 Å². The van der Waals surface area contributed by atoms with Crippen LogP contribution < -0.4 is 5.32 Å². The number of rotatable bonds is 8. The molecular weight excluding hydrogens is 474 g/mol. The number of carbonyl (C=O) groups is 1. The molecule has 2 amide bonds. The third kappa shape index (κ3) is 6.28. The monoisotopic (exact) mass is 509 g/mol. The topological polar surface area (TPSA) is 45.2 Å². The van der Waals surface area contributed by atoms with Crippen molar-refractivity contribution in [2.75, 3.05) is 11.9 Å². The van der Waals surface area contributed by atoms with E-state index in [-0.39, 0.29) is 18.0 Å². The highest BCUT2D eigenvalue weighted by molar-refractivity contribution is 7.16. The normalized spacial score (nSPS) is 14.0. The molecular formula is C32H35N3OS. The predicted octanol–water partition coefficient (Wildman–Crippen LogP) is 8.51. The number of anilines is 1. The summed E-state index contributed by atoms with van der Waals surface area (Å²) < 4.78 is 0. The van der Waals surface area contributed by atoms with Gasteiger partial charge in [-0.1, -0.05) is 110 Å². The lowest BCUT2D eigenvalue weighted by Gasteiger charge is -2.35. The van der Waals surface area contributed by atoms with Gasteiger partial charge in [0.2, 0.25) is 0 Å². The van der Waals surface area contributed by atoms with E-state index in [9.17, 15) is 4.79 Å². The Kier molecular flexibility index (Phi) is 8.32. The van der Waals surface area contributed by atoms with Crippen molar-refractivity contribution in [3.8, 4) is 11.3 Å². The fourth-order valence-electron chi connectivity index (χ4n) is 5.48. The zero-order chi connectivity index (χ0) is 25.5. The van der Waals surface area contributed by atoms with Crippen LogP contribution in [0.25, 0.3) is 11.3 Å². The molecule has 1 saturated carbocycles. The van der Waals surface area contributed by atoms with Crippen molar-refractivity contribution < 1.29 is 4.79 Å². The number of aromatic nitrogens is 1. The Morgan fingerprint density at radius 1 is 0.892 bits per heavy atom. The first-order valence-electron chi connectivity index (χ1n) is 13.4. The fraction of sp³-hybridized carbons (Fsp3) is 0.312. The molecule has 1 aliphatic rings. The molecule has 4 nitrogen and oxygen atoms in total. The van der Waals surface area contributed by atoms with Crippen LogP contribution in [0.15, 0.2) is 91.0 Å². The lowest BCUT2D eigenvalue weighted by atomic mass is 9.87. The number of carbonyl (C=O) groups excluding carboxylic acids is 1. The molecule has 0 aliphatic heterocycles. The van der Waals surface area contributed by atoms with Crippen molar-refractivity contribution in [2.45, 2.75) is 57.4 Å². The third-order valence-corrected chi connectivity index (χ3v) is 8.28. The maximum atomic E-state index is 13.7. The van der Waals surface area contributed by atoms with Crippen LogP contribution in [0.1, 0.15) is 60.4 Å². The molecule has 1 N–H and O–H groups in total. The fourth-order valence-corrected chi connectivity index (χ4v) is 6.31. The average Bonchev–Trinajstić information content (AvgIpc) is 3.32. The van der Waals surface area contributed by atoms with Gasteiger partial charge in [0.05, 0.1) is 5.69 Å². The molecule has 3 aromatic carbocycles. The van der Waals surface area contributed by atoms with E-state index in [1.54, 1.807) is 11.3 Å². The van der Waals surface area contributed by atoms with Crippen LogP contribution in [0, 0.1) is 6.92 Å². The molecule has 5 rings (SSSR count). The van der Waals surface area contributed by atoms with E-state index in [1.807, 2.05) is 18.2 Å². The molecule has 4 aromatic rings. The Bertz CT molecular complexity index is 1230. The summed E-state index contributed by atoms with van der Waals surface area (Å²) in [6.07, 6.45) is 6.65. The number of nitrogens with zero attached hydrogens (tertiary/aromatic N) is 2. The number of hydrogen-bond acceptors (Lipinski definition) is 3. The minimum Gasteiger partial charge on any atom is -0.321 e. The maximum Gasteiger partial charge on any atom is 0.323 e. The summed E-state index contributed by atoms with van der Waals surface area (Å²) in [4.78, 5) is 21.7. The first-order chi connectivity index (χ1) is 18.2. The van der Waals surface area contributed by atoms with Crippen molar-refractivity contribution in [2.24, 2.45) is 0 Å². The molecule has 0 bridgehead atoms. The van der Waals surface area contributed by atoms with Gasteiger partial charge in [-0.05, 0) is 37.3 Å². The second-order valence-corrected chi connectivity index (χ2v) is 11.1. The zero-order valence-corrected chi connectivity index (χ0v) is 22.3. The number of urea groups is 1. The van der Waals surface area contributed by atoms with Gasteiger partial charge < -0.3 is 4.90 Å². The largest absolute Gasteiger partial charge is 0.323 e. The highest BCUT2D eigenvalue weighted by Crippen LogP contribution is 2.33. The first-order valence-corrected chi connectivity index (χ1v) is 14.2. The Hall–Kier alpha value is -3.44. The Labute approximate surface area is 224 Å². The Morgan fingerprint density at radius 2 is 1.46 bits per heavy atom. The van der Waals surface area contributed by atoms with Gasteiger partial charge in [0.1, 0.15) is 0 Å². The van der Waals surface area contributed by atoms with Gasteiger partial charge in [-0.25, -0.2) is 9.78 Å². The minimum atomic E-state index is -0.0277. The van der Waals surface area contributed by atoms with Gasteiger partial charge in [0.25, 0.3) is 0 Å². The molecule has 5 heteroatoms. The Balaban J connectivity index is 1.36. The SMILES string of the molecule is Cc1sc(NC(=O)N(CCC(c2ccccc2)c2ccccc2)C2CCCCC2)nc1-c1ccccc1. The Morgan fingerprint density at radius 3 is 2.05 bits per heavy atom. The molecule has 1 aliphatic carbocycles. The van der Waals surface area contributed by atoms with Crippen LogP contribution in [0.5, 0.6) is 0 Å². The third-order valence-electron chi connectivity index (χ3n) is 7.40. The van der Waals surface area contributed by atoms with E-state index in [0.717, 1.165) is 35.4 Å². The van der Waals surface area contributed by atoms with Crippen LogP contribution in [0.4, 0.5) is 9.93 Å². The standard InChI is InChI=1S/C32H35N3OS/c1-24-30(27-18-10-4-11-19-27)33-31(37-24)34-32(36)35(28-20-12-5-13-21-28)23-22-29(25-14-6-2-7-15-25)26-16-8-3-9-17-26/h2-4,6-11,14-19,28-29H,5,12-13,20-23H2,1H3,(H,33,34,36). The predicted molar refractivity (Wildman–Crippen MR) is 154 cm³/mol. The van der Waals surface area contributed by atoms with Gasteiger partial charge in [0, 0.05) is 28.9 Å². The summed E-state index contributed by atoms with van der Waals surface area (Å²) in [5.74, 6) is 0.244. The van der Waals surface area contributed by atoms with Crippen molar-refractivity contribution in [1.29, 1.82) is 0 Å². The van der Waals surface area contributed by atoms with E-state index in [4.69, 9.17) is 4.98 Å². The smallest absolute Gasteiger partial charge is 0.321 e. The molecule has 37 heavy (non-hydrogen) atoms. The number of nitrogens with one attached hydrogen (secondary N) is 1. The zero-order valence-electron chi connectivity index (χ0n) is 21.5. The van der Waals surface area contributed by atoms with Crippen molar-refractivity contribution in [3.05, 3.63) is 107 Å². The van der Waals surface area contributed by atoms with Crippen molar-refractivity contribution >= 4 is 22.5 Å². The lowest BCUT2D eigenvalue weighted by molar-refractivity contribution is 0.165. The number of thiazole rings is 1. The molecule has 0 radical (unpaired) electrons. The molecule has 0 spiro atoms. The number of aryl methyl sites for hydroxylation is 1. The summed E-state index contributed by atoms with van der Waals surface area (Å²) >= 11 is 1.55. The maximum absolute atomic E-state index is 13.7. The van der Waals surface area contributed by atoms with Gasteiger partial charge in [-0.3, -0.25) is 5.32 Å². The van der Waals surface area contributed by atoms with Crippen molar-refractivity contribution in [1.82, 2.24) is 9.88 Å². The molecule has 1 aromatic heterocycles. The van der Waals surface area contributed by atoms with Gasteiger partial charge in [0.15, 0.2) is 5.13 Å². The molecule has 0 unspecified atom stereocenters. The van der Waals surface area contributed by atoms with Crippen LogP contribution >= 0.6 is 11.3 Å². The summed E-state index contributed by atoms with van der Waals surface area (Å²) in [6, 6.07) is 31.8. The minimum absolute atomic E-state index is 0.0277. The van der Waals surface area contributed by atoms with Crippen LogP contribution in [0.2, 0.25) is 0 Å². The number of hydrogen-bond donors (Lipinski definition) is 1. The average molecular weight is 510 g/mol. The van der Waals surface area contributed by atoms with E-state index >= 15 is 0 Å². The number of benzene rings is 3. The van der Waals surface area contributed by atoms with Gasteiger partial charge >= 0.3 is 6.03 Å². The van der Waals surface area contributed by atoms with Gasteiger partial charge in [-0.15, -0.1) is 11.3 Å². The van der Waals surface area contributed by atoms with E-state index in [1.165, 1.54) is 30.4 Å². The van der Waals surface area contributed by atoms with E-state index in [0.29, 0.717) is 11.7 Å². The lowest BCUT2D eigenvalue weighted by Crippen LogP contribution is -2.44. The molecule has 1 heterocycles. The van der Waals surface area contributed by atoms with E-state index < -0.39 is 0 Å². The summed E-state index contributed by atoms with van der Waals surface area (Å²) in [5, 5.41) is 3.84. The molecule has 1 fully saturated rings. The van der Waals surface area contributed by atoms with Crippen molar-refractivity contribution in [3.63, 3.8) is 0 Å². The van der Waals surface area contributed by atoms with Crippen LogP contribution in [-0.4, -0.2) is 28.5 Å². The van der Waals surface area contributed by atoms with Crippen LogP contribution in [-0.2, 0) is 0 Å². The number of amides is 2. The second-order valence-electron chi connectivity index (χ2n) is 9.87. The molecule has 0 saturated heterocycles. The second kappa shape index (κ2) is 12.2. The molecule has 190 valence electrons. The van der Waals surface area contributed by atoms with Gasteiger partial charge in [-0.2, -0.15) is 0 Å². The first kappa shape index (κ1) is 25.2. The summed E-state index contributed by atoms with van der Waals surface area (Å²) in [5.41, 5.74) is 4.61. The quantitative estimate of drug-likeness (QED) is 0.259.